The van der Waals surface area contributed by atoms with Crippen LogP contribution in [0.5, 0.6) is 0 Å². The number of para-hydroxylation sites is 2. The van der Waals surface area contributed by atoms with Gasteiger partial charge in [-0.05, 0) is 56.1 Å². The second-order valence-corrected chi connectivity index (χ2v) is 10.3. The number of nitrogens with zero attached hydrogens (tertiary/aromatic N) is 3. The average Bonchev–Trinajstić information content (AvgIpc) is 3.25. The van der Waals surface area contributed by atoms with Gasteiger partial charge in [0, 0.05) is 0 Å². The number of fused-ring (bicyclic) bond motifs is 1. The third kappa shape index (κ3) is 4.25. The largest absolute Gasteiger partial charge is 0.453 e. The van der Waals surface area contributed by atoms with Crippen LogP contribution in [0.15, 0.2) is 24.3 Å². The zero-order valence-corrected chi connectivity index (χ0v) is 19.8. The van der Waals surface area contributed by atoms with E-state index >= 15 is 0 Å². The molecule has 3 amide bonds. The molecule has 8 nitrogen and oxygen atoms in total. The van der Waals surface area contributed by atoms with Crippen LogP contribution in [0, 0.1) is 11.3 Å². The molecule has 1 atom stereocenters. The van der Waals surface area contributed by atoms with Crippen molar-refractivity contribution in [2.75, 3.05) is 6.54 Å². The summed E-state index contributed by atoms with van der Waals surface area (Å²) in [6.45, 7) is 4.45. The quantitative estimate of drug-likeness (QED) is 0.504. The summed E-state index contributed by atoms with van der Waals surface area (Å²) in [7, 11) is 0. The number of imide groups is 1. The molecule has 2 aliphatic rings. The Balaban J connectivity index is 1.44. The molecule has 10 heteroatoms. The molecule has 1 unspecified atom stereocenters. The highest BCUT2D eigenvalue weighted by atomic mass is 19.3. The maximum absolute atomic E-state index is 13.7. The molecule has 34 heavy (non-hydrogen) atoms. The Bertz CT molecular complexity index is 1120. The number of urea groups is 1. The van der Waals surface area contributed by atoms with Crippen LogP contribution in [0.4, 0.5) is 13.6 Å². The number of ether oxygens (including phenoxy) is 1. The number of halogens is 2. The van der Waals surface area contributed by atoms with Gasteiger partial charge in [-0.3, -0.25) is 19.1 Å². The molecule has 4 rings (SSSR count). The molecule has 0 radical (unpaired) electrons. The van der Waals surface area contributed by atoms with Gasteiger partial charge < -0.3 is 10.1 Å². The molecule has 184 valence electrons. The van der Waals surface area contributed by atoms with Crippen molar-refractivity contribution >= 4 is 28.9 Å². The molecule has 1 aromatic carbocycles. The van der Waals surface area contributed by atoms with Gasteiger partial charge in [0.2, 0.25) is 0 Å². The summed E-state index contributed by atoms with van der Waals surface area (Å²) in [6.07, 6.45) is 1.52. The number of rotatable bonds is 5. The van der Waals surface area contributed by atoms with E-state index < -0.39 is 42.6 Å². The van der Waals surface area contributed by atoms with E-state index in [9.17, 15) is 23.2 Å². The number of carbonyl (C=O) groups is 3. The minimum atomic E-state index is -2.88. The first-order valence-corrected chi connectivity index (χ1v) is 11.5. The summed E-state index contributed by atoms with van der Waals surface area (Å²) in [6, 6.07) is 5.75. The Morgan fingerprint density at radius 1 is 1.24 bits per heavy atom. The van der Waals surface area contributed by atoms with Crippen LogP contribution < -0.4 is 5.32 Å². The van der Waals surface area contributed by atoms with Crippen molar-refractivity contribution < 1.29 is 27.9 Å². The monoisotopic (exact) mass is 476 g/mol. The Labute approximate surface area is 196 Å². The summed E-state index contributed by atoms with van der Waals surface area (Å²) in [5.41, 5.74) is -0.310. The van der Waals surface area contributed by atoms with Gasteiger partial charge in [-0.25, -0.2) is 9.78 Å². The molecule has 2 heterocycles. The Kier molecular flexibility index (Phi) is 6.12. The molecule has 2 fully saturated rings. The van der Waals surface area contributed by atoms with Gasteiger partial charge in [0.1, 0.15) is 12.1 Å². The molecule has 1 aromatic heterocycles. The Morgan fingerprint density at radius 2 is 1.88 bits per heavy atom. The summed E-state index contributed by atoms with van der Waals surface area (Å²) in [5.74, 6) is -0.978. The van der Waals surface area contributed by atoms with E-state index in [1.807, 2.05) is 0 Å². The lowest BCUT2D eigenvalue weighted by Crippen LogP contribution is -2.50. The lowest BCUT2D eigenvalue weighted by Gasteiger charge is -2.40. The summed E-state index contributed by atoms with van der Waals surface area (Å²) < 4.78 is 33.4. The van der Waals surface area contributed by atoms with E-state index in [1.165, 1.54) is 13.0 Å². The molecule has 1 saturated heterocycles. The summed E-state index contributed by atoms with van der Waals surface area (Å²) >= 11 is 0. The number of amides is 3. The topological polar surface area (TPSA) is 93.5 Å². The van der Waals surface area contributed by atoms with Crippen LogP contribution in [-0.2, 0) is 14.3 Å². The Hall–Kier alpha value is -3.04. The fraction of sp³-hybridized carbons (Fsp3) is 0.583. The SMILES string of the molecule is CC(OC(=O)CN1C(=O)NC2(CCC(C(C)(C)C)CC2)C1=O)c1nc2ccccc2n1C(F)F. The van der Waals surface area contributed by atoms with Crippen LogP contribution in [0.3, 0.4) is 0 Å². The van der Waals surface area contributed by atoms with Crippen LogP contribution in [0.25, 0.3) is 11.0 Å². The zero-order chi connectivity index (χ0) is 24.8. The van der Waals surface area contributed by atoms with E-state index in [0.717, 1.165) is 17.7 Å². The Morgan fingerprint density at radius 3 is 2.50 bits per heavy atom. The molecule has 1 saturated carbocycles. The normalized spacial score (nSPS) is 24.2. The van der Waals surface area contributed by atoms with Gasteiger partial charge in [-0.1, -0.05) is 32.9 Å². The average molecular weight is 477 g/mol. The molecular formula is C24H30F2N4O4. The third-order valence-corrected chi connectivity index (χ3v) is 7.09. The van der Waals surface area contributed by atoms with Crippen molar-refractivity contribution in [3.63, 3.8) is 0 Å². The van der Waals surface area contributed by atoms with E-state index in [2.05, 4.69) is 31.1 Å². The van der Waals surface area contributed by atoms with Gasteiger partial charge in [0.15, 0.2) is 11.9 Å². The highest BCUT2D eigenvalue weighted by Gasteiger charge is 2.53. The smallest absolute Gasteiger partial charge is 0.326 e. The lowest BCUT2D eigenvalue weighted by molar-refractivity contribution is -0.152. The number of hydrogen-bond acceptors (Lipinski definition) is 5. The van der Waals surface area contributed by atoms with Gasteiger partial charge in [-0.15, -0.1) is 0 Å². The van der Waals surface area contributed by atoms with Gasteiger partial charge in [0.05, 0.1) is 11.0 Å². The minimum absolute atomic E-state index is 0.112. The fourth-order valence-electron chi connectivity index (χ4n) is 5.11. The molecule has 1 aliphatic heterocycles. The van der Waals surface area contributed by atoms with Crippen LogP contribution >= 0.6 is 0 Å². The van der Waals surface area contributed by atoms with Crippen molar-refractivity contribution in [2.45, 2.75) is 71.6 Å². The number of hydrogen-bond donors (Lipinski definition) is 1. The summed E-state index contributed by atoms with van der Waals surface area (Å²) in [5, 5.41) is 2.79. The van der Waals surface area contributed by atoms with Gasteiger partial charge in [0.25, 0.3) is 5.91 Å². The lowest BCUT2D eigenvalue weighted by atomic mass is 9.67. The van der Waals surface area contributed by atoms with Crippen molar-refractivity contribution in [1.82, 2.24) is 19.8 Å². The maximum Gasteiger partial charge on any atom is 0.326 e. The zero-order valence-electron chi connectivity index (χ0n) is 19.8. The molecule has 0 bridgehead atoms. The molecular weight excluding hydrogens is 446 g/mol. The number of benzene rings is 1. The van der Waals surface area contributed by atoms with Gasteiger partial charge >= 0.3 is 18.5 Å². The molecule has 1 aliphatic carbocycles. The highest BCUT2D eigenvalue weighted by Crippen LogP contribution is 2.43. The van der Waals surface area contributed by atoms with Crippen molar-refractivity contribution in [1.29, 1.82) is 0 Å². The first-order chi connectivity index (χ1) is 15.9. The first kappa shape index (κ1) is 24.1. The van der Waals surface area contributed by atoms with Gasteiger partial charge in [-0.2, -0.15) is 8.78 Å². The molecule has 1 N–H and O–H groups in total. The number of nitrogens with one attached hydrogen (secondary N) is 1. The van der Waals surface area contributed by atoms with Crippen LogP contribution in [0.1, 0.15) is 71.9 Å². The molecule has 1 spiro atoms. The first-order valence-electron chi connectivity index (χ1n) is 11.5. The maximum atomic E-state index is 13.7. The van der Waals surface area contributed by atoms with Crippen molar-refractivity contribution in [3.8, 4) is 0 Å². The highest BCUT2D eigenvalue weighted by molar-refractivity contribution is 6.08. The summed E-state index contributed by atoms with van der Waals surface area (Å²) in [4.78, 5) is 43.3. The molecule has 2 aromatic rings. The second-order valence-electron chi connectivity index (χ2n) is 10.3. The predicted octanol–water partition coefficient (Wildman–Crippen LogP) is 4.56. The number of esters is 1. The van der Waals surface area contributed by atoms with E-state index in [4.69, 9.17) is 4.74 Å². The number of carbonyl (C=O) groups excluding carboxylic acids is 3. The van der Waals surface area contributed by atoms with E-state index in [0.29, 0.717) is 28.8 Å². The second kappa shape index (κ2) is 8.63. The number of aromatic nitrogens is 2. The number of alkyl halides is 2. The number of imidazole rings is 1. The fourth-order valence-corrected chi connectivity index (χ4v) is 5.11. The standard InChI is InChI=1S/C24H30F2N4O4/c1-14(19-27-16-7-5-6-8-17(16)30(19)21(25)26)34-18(31)13-29-20(32)24(28-22(29)33)11-9-15(10-12-24)23(2,3)4/h5-8,14-15,21H,9-13H2,1-4H3,(H,28,33). The minimum Gasteiger partial charge on any atom is -0.453 e. The van der Waals surface area contributed by atoms with E-state index in [1.54, 1.807) is 18.2 Å². The predicted molar refractivity (Wildman–Crippen MR) is 120 cm³/mol. The van der Waals surface area contributed by atoms with E-state index in [-0.39, 0.29) is 16.8 Å². The van der Waals surface area contributed by atoms with Crippen molar-refractivity contribution in [3.05, 3.63) is 30.1 Å². The van der Waals surface area contributed by atoms with Crippen molar-refractivity contribution in [2.24, 2.45) is 11.3 Å². The third-order valence-electron chi connectivity index (χ3n) is 7.09. The van der Waals surface area contributed by atoms with Crippen LogP contribution in [-0.4, -0.2) is 44.4 Å². The van der Waals surface area contributed by atoms with Crippen LogP contribution in [0.2, 0.25) is 0 Å².